The Balaban J connectivity index is 0.0000220. The fourth-order valence-electron chi connectivity index (χ4n) is 10.9. The summed E-state index contributed by atoms with van der Waals surface area (Å²) >= 11 is 0. The number of carboxylic acid groups (broad SMARTS) is 6. The van der Waals surface area contributed by atoms with E-state index in [-0.39, 0.29) is 183 Å². The van der Waals surface area contributed by atoms with Crippen LogP contribution in [0, 0.1) is 57.6 Å². The molecular formula is C63H89LuN15O22S. The van der Waals surface area contributed by atoms with Crippen LogP contribution in [-0.2, 0) is 80.6 Å². The largest absolute Gasteiger partial charge is 0.481 e. The van der Waals surface area contributed by atoms with Crippen molar-refractivity contribution in [1.82, 2.24) is 70.8 Å². The van der Waals surface area contributed by atoms with Crippen LogP contribution in [0.3, 0.4) is 0 Å². The molecular weight excluding hydrogens is 1530 g/mol. The second-order valence-corrected chi connectivity index (χ2v) is 25.6. The number of aryl methyl sites for hydroxylation is 4. The molecule has 15 N–H and O–H groups in total. The summed E-state index contributed by atoms with van der Waals surface area (Å²) in [6.45, 7) is 3.95. The zero-order valence-electron chi connectivity index (χ0n) is 56.5. The van der Waals surface area contributed by atoms with Crippen molar-refractivity contribution < 1.29 is 138 Å². The zero-order valence-corrected chi connectivity index (χ0v) is 59.0. The number of nitrogens with zero attached hydrogens (tertiary/aromatic N) is 6. The second kappa shape index (κ2) is 43.3. The number of aliphatic carboxylic acids is 6. The zero-order chi connectivity index (χ0) is 74.3. The SMILES string of the molecule is Cc1cc(C)c(S(=O)(=O)N[C@@H](CNC(=O)c2cn(CCCNC(=O)CCC(=O)NCCCOCCCNC(=O)[C@@H](CC(=O)O)NC(=O)[C@@H](CC(=O)O)NC(=O)CN3CCN(CC(=O)O)CCN(CC(=O)O)CCN(CC(=O)O)CC3)c3cc(CNc4ncc[nH]4)ccc3c2=O)C(=O)O)c(C)c1.[Lu]. The number of rotatable bonds is 41. The van der Waals surface area contributed by atoms with Crippen molar-refractivity contribution in [3.05, 3.63) is 87.0 Å². The van der Waals surface area contributed by atoms with Gasteiger partial charge in [0.1, 0.15) is 23.7 Å². The van der Waals surface area contributed by atoms with Crippen molar-refractivity contribution in [2.75, 3.05) is 123 Å². The number of carboxylic acids is 6. The smallest absolute Gasteiger partial charge is 0.323 e. The molecule has 1 radical (unpaired) electrons. The van der Waals surface area contributed by atoms with E-state index >= 15 is 0 Å². The van der Waals surface area contributed by atoms with Gasteiger partial charge in [0.15, 0.2) is 5.95 Å². The van der Waals surface area contributed by atoms with E-state index in [2.05, 4.69) is 51.9 Å². The summed E-state index contributed by atoms with van der Waals surface area (Å²) in [4.78, 5) is 177. The topological polar surface area (TPSA) is 529 Å². The van der Waals surface area contributed by atoms with Gasteiger partial charge in [-0.05, 0) is 68.9 Å². The van der Waals surface area contributed by atoms with Crippen LogP contribution in [0.25, 0.3) is 10.9 Å². The Morgan fingerprint density at radius 3 is 1.59 bits per heavy atom. The molecule has 6 amide bonds. The van der Waals surface area contributed by atoms with Crippen molar-refractivity contribution in [2.24, 2.45) is 0 Å². The number of sulfonamides is 1. The monoisotopic (exact) mass is 1610 g/mol. The second-order valence-electron chi connectivity index (χ2n) is 24.0. The number of benzene rings is 2. The molecule has 0 aliphatic carbocycles. The molecule has 0 spiro atoms. The quantitative estimate of drug-likeness (QED) is 0.0199. The number of fused-ring (bicyclic) bond motifs is 1. The minimum absolute atomic E-state index is 0. The van der Waals surface area contributed by atoms with Crippen molar-refractivity contribution in [1.29, 1.82) is 0 Å². The Kier molecular flexibility index (Phi) is 36.3. The molecule has 569 valence electrons. The summed E-state index contributed by atoms with van der Waals surface area (Å²) in [5.74, 6) is -12.5. The summed E-state index contributed by atoms with van der Waals surface area (Å²) in [7, 11) is -4.39. The minimum atomic E-state index is -4.39. The first-order valence-corrected chi connectivity index (χ1v) is 33.8. The van der Waals surface area contributed by atoms with Gasteiger partial charge in [0.25, 0.3) is 5.91 Å². The maximum absolute atomic E-state index is 13.9. The Morgan fingerprint density at radius 1 is 0.598 bits per heavy atom. The summed E-state index contributed by atoms with van der Waals surface area (Å²) in [6.07, 6.45) is 3.07. The predicted molar refractivity (Wildman–Crippen MR) is 359 cm³/mol. The first kappa shape index (κ1) is 85.7. The molecule has 1 aliphatic heterocycles. The van der Waals surface area contributed by atoms with Gasteiger partial charge in [-0.1, -0.05) is 23.8 Å². The van der Waals surface area contributed by atoms with Gasteiger partial charge < -0.3 is 82.1 Å². The summed E-state index contributed by atoms with van der Waals surface area (Å²) in [5.41, 5.74) is 1.70. The van der Waals surface area contributed by atoms with E-state index in [9.17, 15) is 101 Å². The maximum Gasteiger partial charge on any atom is 0.323 e. The third-order valence-corrected chi connectivity index (χ3v) is 17.5. The molecule has 3 heterocycles. The molecule has 37 nitrogen and oxygen atoms in total. The molecule has 1 saturated heterocycles. The van der Waals surface area contributed by atoms with E-state index in [1.165, 1.54) is 27.0 Å². The number of H-pyrrole nitrogens is 1. The predicted octanol–water partition coefficient (Wildman–Crippen LogP) is -2.87. The van der Waals surface area contributed by atoms with E-state index in [1.807, 2.05) is 0 Å². The molecule has 102 heavy (non-hydrogen) atoms. The molecule has 1 aliphatic rings. The van der Waals surface area contributed by atoms with Gasteiger partial charge in [-0.15, -0.1) is 0 Å². The molecule has 39 heteroatoms. The Morgan fingerprint density at radius 2 is 1.10 bits per heavy atom. The molecule has 3 atom stereocenters. The van der Waals surface area contributed by atoms with Gasteiger partial charge in [0.2, 0.25) is 45.0 Å². The van der Waals surface area contributed by atoms with Gasteiger partial charge in [-0.25, -0.2) is 13.4 Å². The average molecular weight is 1620 g/mol. The third kappa shape index (κ3) is 30.4. The van der Waals surface area contributed by atoms with Crippen molar-refractivity contribution >= 4 is 98.1 Å². The Hall–Kier alpha value is -8.76. The molecule has 0 saturated carbocycles. The molecule has 2 aromatic heterocycles. The number of ether oxygens (including phenoxy) is 1. The number of aromatic nitrogens is 3. The number of imidazole rings is 1. The molecule has 4 aromatic rings. The minimum Gasteiger partial charge on any atom is -0.481 e. The number of nitrogens with one attached hydrogen (secondary N) is 9. The van der Waals surface area contributed by atoms with Crippen LogP contribution < -0.4 is 47.4 Å². The Bertz CT molecular complexity index is 3710. The number of hydrogen-bond acceptors (Lipinski definition) is 22. The standard InChI is InChI=1S/C63H89N15O22S.Lu/c1-39-27-40(2)58(41(3)28-39)101(98,99)73-47(62(96)97)33-69-59(93)44-34-78(48-29-42(7-8-43(48)57(44)92)32-70-63-67-14-15-68-63)16-4-11-64-49(79)9-10-50(80)65-12-5-25-100-26-6-13-66-60(94)45(30-52(82)83)72-61(95)46(31-53(84)85)71-51(81)35-74-17-19-75(36-54(86)87)21-23-77(38-56(90)91)24-22-76(20-18-74)37-55(88)89;/h7-8,14-15,27-29,34,45-47,73H,4-6,9-13,16-26,30-33,35-38H2,1-3H3,(H,64,79)(H,65,80)(H,66,94)(H,69,93)(H,71,81)(H,72,95)(H,82,83)(H,84,85)(H,86,87)(H,88,89)(H,90,91)(H,96,97)(H2,67,68,70);/t45-,46-,47+;/m1./s1. The Labute approximate surface area is 615 Å². The van der Waals surface area contributed by atoms with E-state index in [4.69, 9.17) is 4.74 Å². The molecule has 0 bridgehead atoms. The van der Waals surface area contributed by atoms with Crippen molar-refractivity contribution in [2.45, 2.75) is 102 Å². The van der Waals surface area contributed by atoms with E-state index in [0.717, 1.165) is 11.1 Å². The van der Waals surface area contributed by atoms with Crippen LogP contribution in [-0.4, -0.2) is 281 Å². The average Bonchev–Trinajstić information content (AvgIpc) is 0.867. The van der Waals surface area contributed by atoms with Crippen LogP contribution >= 0.6 is 0 Å². The van der Waals surface area contributed by atoms with Gasteiger partial charge in [-0.3, -0.25) is 81.9 Å². The van der Waals surface area contributed by atoms with E-state index < -0.39 is 144 Å². The van der Waals surface area contributed by atoms with Crippen LogP contribution in [0.15, 0.2) is 58.6 Å². The number of anilines is 1. The number of carbonyl (C=O) groups is 12. The van der Waals surface area contributed by atoms with Crippen LogP contribution in [0.5, 0.6) is 0 Å². The fourth-order valence-corrected chi connectivity index (χ4v) is 12.6. The summed E-state index contributed by atoms with van der Waals surface area (Å²) < 4.78 is 36.3. The van der Waals surface area contributed by atoms with Crippen molar-refractivity contribution in [3.8, 4) is 0 Å². The number of hydrogen-bond donors (Lipinski definition) is 15. The molecule has 0 unspecified atom stereocenters. The van der Waals surface area contributed by atoms with Crippen LogP contribution in [0.1, 0.15) is 77.6 Å². The number of aromatic amines is 1. The van der Waals surface area contributed by atoms with Crippen LogP contribution in [0.4, 0.5) is 5.95 Å². The van der Waals surface area contributed by atoms with Gasteiger partial charge >= 0.3 is 35.8 Å². The first-order chi connectivity index (χ1) is 47.9. The number of amides is 6. The normalized spacial score (nSPS) is 14.4. The van der Waals surface area contributed by atoms with Crippen LogP contribution in [0.2, 0.25) is 0 Å². The van der Waals surface area contributed by atoms with E-state index in [1.54, 1.807) is 66.9 Å². The number of pyridine rings is 1. The first-order valence-electron chi connectivity index (χ1n) is 32.3. The molecule has 1 fully saturated rings. The van der Waals surface area contributed by atoms with Gasteiger partial charge in [0.05, 0.1) is 49.4 Å². The van der Waals surface area contributed by atoms with Gasteiger partial charge in [-0.2, -0.15) is 4.72 Å². The fraction of sp³-hybridized carbons (Fsp3) is 0.524. The number of carbonyl (C=O) groups excluding carboxylic acids is 6. The maximum atomic E-state index is 13.9. The molecule has 2 aromatic carbocycles. The summed E-state index contributed by atoms with van der Waals surface area (Å²) in [5, 5.41) is 75.8. The van der Waals surface area contributed by atoms with Crippen molar-refractivity contribution in [3.63, 3.8) is 0 Å². The van der Waals surface area contributed by atoms with Gasteiger partial charge in [0, 0.05) is 179 Å². The summed E-state index contributed by atoms with van der Waals surface area (Å²) in [6, 6.07) is 2.87. The van der Waals surface area contributed by atoms with E-state index in [0.29, 0.717) is 29.0 Å². The third-order valence-electron chi connectivity index (χ3n) is 15.7. The molecule has 5 rings (SSSR count).